The third-order valence-electron chi connectivity index (χ3n) is 2.84. The predicted molar refractivity (Wildman–Crippen MR) is 87.0 cm³/mol. The van der Waals surface area contributed by atoms with Gasteiger partial charge in [-0.15, -0.1) is 0 Å². The van der Waals surface area contributed by atoms with Gasteiger partial charge in [0.1, 0.15) is 0 Å². The Morgan fingerprint density at radius 3 is 2.90 bits per heavy atom. The van der Waals surface area contributed by atoms with E-state index in [0.717, 1.165) is 17.9 Å². The average Bonchev–Trinajstić information content (AvgIpc) is 2.86. The van der Waals surface area contributed by atoms with Crippen LogP contribution < -0.4 is 5.32 Å². The molecule has 1 N–H and O–H groups in total. The highest BCUT2D eigenvalue weighted by atomic mass is 35.5. The summed E-state index contributed by atoms with van der Waals surface area (Å²) in [4.78, 5) is 1.94. The molecule has 0 radical (unpaired) electrons. The minimum absolute atomic E-state index is 0.637. The van der Waals surface area contributed by atoms with E-state index < -0.39 is 0 Å². The molecular formula is C14H17ClN4S. The summed E-state index contributed by atoms with van der Waals surface area (Å²) in [5.41, 5.74) is 1.87. The molecule has 1 heterocycles. The van der Waals surface area contributed by atoms with Crippen LogP contribution in [0.15, 0.2) is 36.5 Å². The van der Waals surface area contributed by atoms with Gasteiger partial charge in [0.15, 0.2) is 5.11 Å². The maximum absolute atomic E-state index is 5.95. The number of benzene rings is 1. The molecule has 0 saturated carbocycles. The Hall–Kier alpha value is -1.59. The smallest absolute Gasteiger partial charge is 0.173 e. The van der Waals surface area contributed by atoms with Gasteiger partial charge < -0.3 is 10.2 Å². The molecule has 0 aliphatic carbocycles. The number of thiocarbonyl (C=S) groups is 1. The van der Waals surface area contributed by atoms with Crippen molar-refractivity contribution < 1.29 is 0 Å². The number of anilines is 1. The zero-order valence-electron chi connectivity index (χ0n) is 11.5. The van der Waals surface area contributed by atoms with Crippen LogP contribution in [0.25, 0.3) is 0 Å². The van der Waals surface area contributed by atoms with Gasteiger partial charge in [-0.1, -0.05) is 17.7 Å². The molecule has 0 amide bonds. The van der Waals surface area contributed by atoms with Crippen molar-refractivity contribution in [2.45, 2.75) is 20.0 Å². The largest absolute Gasteiger partial charge is 0.346 e. The Morgan fingerprint density at radius 2 is 2.25 bits per heavy atom. The molecule has 106 valence electrons. The first-order valence-corrected chi connectivity index (χ1v) is 7.17. The fourth-order valence-electron chi connectivity index (χ4n) is 1.76. The van der Waals surface area contributed by atoms with Gasteiger partial charge in [-0.25, -0.2) is 0 Å². The number of aryl methyl sites for hydroxylation is 1. The third-order valence-corrected chi connectivity index (χ3v) is 3.49. The SMILES string of the molecule is CCn1ccc(CN(C)C(=S)Nc2cccc(Cl)c2)n1. The molecule has 20 heavy (non-hydrogen) atoms. The first-order valence-electron chi connectivity index (χ1n) is 6.38. The van der Waals surface area contributed by atoms with Crippen molar-refractivity contribution in [3.63, 3.8) is 0 Å². The van der Waals surface area contributed by atoms with Gasteiger partial charge in [0.05, 0.1) is 12.2 Å². The summed E-state index contributed by atoms with van der Waals surface area (Å²) in [7, 11) is 1.94. The first kappa shape index (κ1) is 14.8. The Balaban J connectivity index is 1.95. The number of hydrogen-bond donors (Lipinski definition) is 1. The number of nitrogens with zero attached hydrogens (tertiary/aromatic N) is 3. The number of halogens is 1. The predicted octanol–water partition coefficient (Wildman–Crippen LogP) is 3.39. The maximum Gasteiger partial charge on any atom is 0.173 e. The van der Waals surface area contributed by atoms with Crippen molar-refractivity contribution in [3.8, 4) is 0 Å². The third kappa shape index (κ3) is 3.95. The standard InChI is InChI=1S/C14H17ClN4S/c1-3-19-8-7-13(17-19)10-18(2)14(20)16-12-6-4-5-11(15)9-12/h4-9H,3,10H2,1-2H3,(H,16,20). The number of hydrogen-bond acceptors (Lipinski definition) is 2. The van der Waals surface area contributed by atoms with Gasteiger partial charge >= 0.3 is 0 Å². The fraction of sp³-hybridized carbons (Fsp3) is 0.286. The summed E-state index contributed by atoms with van der Waals surface area (Å²) in [6.45, 7) is 3.60. The Labute approximate surface area is 129 Å². The molecule has 1 aromatic carbocycles. The molecule has 0 fully saturated rings. The van der Waals surface area contributed by atoms with E-state index >= 15 is 0 Å². The number of aromatic nitrogens is 2. The van der Waals surface area contributed by atoms with E-state index in [4.69, 9.17) is 23.8 Å². The van der Waals surface area contributed by atoms with Crippen molar-refractivity contribution in [2.75, 3.05) is 12.4 Å². The second kappa shape index (κ2) is 6.72. The lowest BCUT2D eigenvalue weighted by Crippen LogP contribution is -2.30. The average molecular weight is 309 g/mol. The van der Waals surface area contributed by atoms with Gasteiger partial charge in [-0.3, -0.25) is 4.68 Å². The molecule has 0 unspecified atom stereocenters. The fourth-order valence-corrected chi connectivity index (χ4v) is 2.14. The summed E-state index contributed by atoms with van der Waals surface area (Å²) in [5, 5.41) is 8.92. The Kier molecular flexibility index (Phi) is 4.98. The normalized spacial score (nSPS) is 10.3. The Bertz CT molecular complexity index is 596. The zero-order chi connectivity index (χ0) is 14.5. The number of nitrogens with one attached hydrogen (secondary N) is 1. The molecule has 0 atom stereocenters. The van der Waals surface area contributed by atoms with Crippen LogP contribution >= 0.6 is 23.8 Å². The quantitative estimate of drug-likeness (QED) is 0.878. The van der Waals surface area contributed by atoms with Gasteiger partial charge in [-0.2, -0.15) is 5.10 Å². The minimum atomic E-state index is 0.637. The summed E-state index contributed by atoms with van der Waals surface area (Å²) in [6.07, 6.45) is 1.97. The number of rotatable bonds is 4. The molecule has 0 saturated heterocycles. The molecule has 6 heteroatoms. The van der Waals surface area contributed by atoms with Crippen LogP contribution in [0, 0.1) is 0 Å². The van der Waals surface area contributed by atoms with Gasteiger partial charge in [0.2, 0.25) is 0 Å². The van der Waals surface area contributed by atoms with Crippen LogP contribution in [-0.4, -0.2) is 26.8 Å². The summed E-state index contributed by atoms with van der Waals surface area (Å²) >= 11 is 11.3. The van der Waals surface area contributed by atoms with Crippen molar-refractivity contribution in [2.24, 2.45) is 0 Å². The molecule has 2 rings (SSSR count). The van der Waals surface area contributed by atoms with Crippen LogP contribution in [0.5, 0.6) is 0 Å². The monoisotopic (exact) mass is 308 g/mol. The van der Waals surface area contributed by atoms with E-state index in [0.29, 0.717) is 16.7 Å². The summed E-state index contributed by atoms with van der Waals surface area (Å²) in [6, 6.07) is 9.49. The van der Waals surface area contributed by atoms with Crippen LogP contribution in [0.1, 0.15) is 12.6 Å². The second-order valence-electron chi connectivity index (χ2n) is 4.46. The molecule has 1 aromatic heterocycles. The molecule has 4 nitrogen and oxygen atoms in total. The highest BCUT2D eigenvalue weighted by Crippen LogP contribution is 2.15. The maximum atomic E-state index is 5.95. The molecule has 0 bridgehead atoms. The van der Waals surface area contributed by atoms with E-state index in [-0.39, 0.29) is 0 Å². The van der Waals surface area contributed by atoms with Crippen molar-refractivity contribution in [1.29, 1.82) is 0 Å². The Morgan fingerprint density at radius 1 is 1.45 bits per heavy atom. The van der Waals surface area contributed by atoms with E-state index in [2.05, 4.69) is 17.3 Å². The lowest BCUT2D eigenvalue weighted by Gasteiger charge is -2.20. The highest BCUT2D eigenvalue weighted by molar-refractivity contribution is 7.80. The molecule has 0 aliphatic rings. The van der Waals surface area contributed by atoms with Crippen LogP contribution in [0.4, 0.5) is 5.69 Å². The zero-order valence-corrected chi connectivity index (χ0v) is 13.1. The van der Waals surface area contributed by atoms with Crippen LogP contribution in [0.3, 0.4) is 0 Å². The minimum Gasteiger partial charge on any atom is -0.346 e. The summed E-state index contributed by atoms with van der Waals surface area (Å²) < 4.78 is 1.90. The van der Waals surface area contributed by atoms with E-state index in [1.807, 2.05) is 53.2 Å². The van der Waals surface area contributed by atoms with Gasteiger partial charge in [0, 0.05) is 30.5 Å². The summed E-state index contributed by atoms with van der Waals surface area (Å²) in [5.74, 6) is 0. The molecular weight excluding hydrogens is 292 g/mol. The highest BCUT2D eigenvalue weighted by Gasteiger charge is 2.07. The van der Waals surface area contributed by atoms with Gasteiger partial charge in [-0.05, 0) is 43.4 Å². The van der Waals surface area contributed by atoms with Crippen molar-refractivity contribution in [3.05, 3.63) is 47.2 Å². The first-order chi connectivity index (χ1) is 9.58. The lowest BCUT2D eigenvalue weighted by molar-refractivity contribution is 0.492. The van der Waals surface area contributed by atoms with E-state index in [1.54, 1.807) is 0 Å². The van der Waals surface area contributed by atoms with Crippen molar-refractivity contribution in [1.82, 2.24) is 14.7 Å². The topological polar surface area (TPSA) is 33.1 Å². The molecule has 0 spiro atoms. The molecule has 2 aromatic rings. The lowest BCUT2D eigenvalue weighted by atomic mass is 10.3. The van der Waals surface area contributed by atoms with Gasteiger partial charge in [0.25, 0.3) is 0 Å². The van der Waals surface area contributed by atoms with E-state index in [1.165, 1.54) is 0 Å². The second-order valence-corrected chi connectivity index (χ2v) is 5.28. The van der Waals surface area contributed by atoms with E-state index in [9.17, 15) is 0 Å². The van der Waals surface area contributed by atoms with Crippen LogP contribution in [0.2, 0.25) is 5.02 Å². The van der Waals surface area contributed by atoms with Crippen molar-refractivity contribution >= 4 is 34.6 Å². The molecule has 0 aliphatic heterocycles. The van der Waals surface area contributed by atoms with Crippen LogP contribution in [-0.2, 0) is 13.1 Å².